The molecule has 1 aromatic rings. The van der Waals surface area contributed by atoms with E-state index in [2.05, 4.69) is 9.62 Å². The maximum Gasteiger partial charge on any atom is 0.240 e. The van der Waals surface area contributed by atoms with Crippen LogP contribution in [0.3, 0.4) is 0 Å². The van der Waals surface area contributed by atoms with Gasteiger partial charge in [0.25, 0.3) is 0 Å². The Balaban J connectivity index is 1.95. The number of anilines is 1. The minimum atomic E-state index is -3.47. The van der Waals surface area contributed by atoms with Gasteiger partial charge in [0.1, 0.15) is 0 Å². The van der Waals surface area contributed by atoms with E-state index >= 15 is 0 Å². The smallest absolute Gasteiger partial charge is 0.240 e. The summed E-state index contributed by atoms with van der Waals surface area (Å²) in [7, 11) is -3.47. The fourth-order valence-corrected chi connectivity index (χ4v) is 3.82. The highest BCUT2D eigenvalue weighted by Crippen LogP contribution is 2.20. The second-order valence-corrected chi connectivity index (χ2v) is 7.01. The molecule has 6 heteroatoms. The van der Waals surface area contributed by atoms with E-state index in [1.807, 2.05) is 0 Å². The molecule has 0 saturated carbocycles. The summed E-state index contributed by atoms with van der Waals surface area (Å²) in [6, 6.07) is 4.97. The normalized spacial score (nSPS) is 17.2. The number of piperidine rings is 1. The minimum absolute atomic E-state index is 0.274. The summed E-state index contributed by atoms with van der Waals surface area (Å²) in [6.07, 6.45) is 3.70. The monoisotopic (exact) mass is 297 g/mol. The molecule has 0 radical (unpaired) electrons. The molecule has 1 aliphatic rings. The number of nitrogens with zero attached hydrogens (tertiary/aromatic N) is 1. The van der Waals surface area contributed by atoms with E-state index in [0.717, 1.165) is 19.6 Å². The molecule has 2 rings (SSSR count). The molecular formula is C14H23N3O2S. The Bertz CT molecular complexity index is 552. The Labute approximate surface area is 121 Å². The summed E-state index contributed by atoms with van der Waals surface area (Å²) >= 11 is 0. The maximum absolute atomic E-state index is 12.3. The van der Waals surface area contributed by atoms with Gasteiger partial charge in [-0.1, -0.05) is 12.5 Å². The first-order chi connectivity index (χ1) is 9.50. The standard InChI is InChI=1S/C14H23N3O2S/c1-12-13(15)6-5-7-14(12)20(18,19)16-8-11-17-9-3-2-4-10-17/h5-7,16H,2-4,8-11,15H2,1H3. The van der Waals surface area contributed by atoms with Gasteiger partial charge < -0.3 is 10.6 Å². The van der Waals surface area contributed by atoms with Crippen LogP contribution >= 0.6 is 0 Å². The van der Waals surface area contributed by atoms with Gasteiger partial charge >= 0.3 is 0 Å². The lowest BCUT2D eigenvalue weighted by Crippen LogP contribution is -2.37. The Morgan fingerprint density at radius 2 is 1.95 bits per heavy atom. The van der Waals surface area contributed by atoms with Crippen molar-refractivity contribution in [3.8, 4) is 0 Å². The van der Waals surface area contributed by atoms with Gasteiger partial charge in [-0.25, -0.2) is 13.1 Å². The van der Waals surface area contributed by atoms with Crippen molar-refractivity contribution in [2.24, 2.45) is 0 Å². The van der Waals surface area contributed by atoms with Gasteiger partial charge in [0, 0.05) is 18.8 Å². The van der Waals surface area contributed by atoms with Crippen molar-refractivity contribution in [3.63, 3.8) is 0 Å². The highest BCUT2D eigenvalue weighted by Gasteiger charge is 2.18. The molecule has 1 aromatic carbocycles. The largest absolute Gasteiger partial charge is 0.398 e. The predicted molar refractivity (Wildman–Crippen MR) is 81.1 cm³/mol. The summed E-state index contributed by atoms with van der Waals surface area (Å²) in [4.78, 5) is 2.58. The van der Waals surface area contributed by atoms with Crippen LogP contribution in [-0.4, -0.2) is 39.5 Å². The zero-order valence-corrected chi connectivity index (χ0v) is 12.7. The Morgan fingerprint density at radius 3 is 2.65 bits per heavy atom. The molecule has 0 aromatic heterocycles. The molecule has 0 unspecified atom stereocenters. The molecule has 0 aliphatic carbocycles. The van der Waals surface area contributed by atoms with E-state index < -0.39 is 10.0 Å². The maximum atomic E-state index is 12.3. The molecule has 1 heterocycles. The van der Waals surface area contributed by atoms with E-state index in [1.165, 1.54) is 19.3 Å². The number of rotatable bonds is 5. The van der Waals surface area contributed by atoms with Crippen LogP contribution in [0.1, 0.15) is 24.8 Å². The second kappa shape index (κ2) is 6.56. The van der Waals surface area contributed by atoms with Crippen molar-refractivity contribution in [3.05, 3.63) is 23.8 Å². The van der Waals surface area contributed by atoms with Crippen molar-refractivity contribution in [2.45, 2.75) is 31.1 Å². The molecule has 5 nitrogen and oxygen atoms in total. The van der Waals surface area contributed by atoms with Crippen molar-refractivity contribution in [1.29, 1.82) is 0 Å². The van der Waals surface area contributed by atoms with Crippen molar-refractivity contribution >= 4 is 15.7 Å². The number of nitrogens with two attached hydrogens (primary N) is 1. The molecule has 0 spiro atoms. The number of benzene rings is 1. The quantitative estimate of drug-likeness (QED) is 0.804. The number of hydrogen-bond donors (Lipinski definition) is 2. The summed E-state index contributed by atoms with van der Waals surface area (Å²) in [5.74, 6) is 0. The summed E-state index contributed by atoms with van der Waals surface area (Å²) in [5.41, 5.74) is 6.88. The van der Waals surface area contributed by atoms with Crippen LogP contribution < -0.4 is 10.5 Å². The van der Waals surface area contributed by atoms with Gasteiger partial charge in [-0.15, -0.1) is 0 Å². The molecule has 0 amide bonds. The Morgan fingerprint density at radius 1 is 1.25 bits per heavy atom. The van der Waals surface area contributed by atoms with Gasteiger partial charge in [-0.3, -0.25) is 0 Å². The number of nitrogen functional groups attached to an aromatic ring is 1. The molecule has 0 atom stereocenters. The van der Waals surface area contributed by atoms with E-state index in [0.29, 0.717) is 17.8 Å². The number of sulfonamides is 1. The Kier molecular flexibility index (Phi) is 5.01. The van der Waals surface area contributed by atoms with Gasteiger partial charge in [-0.05, 0) is 50.6 Å². The summed E-state index contributed by atoms with van der Waals surface area (Å²) < 4.78 is 27.2. The summed E-state index contributed by atoms with van der Waals surface area (Å²) in [5, 5.41) is 0. The third-order valence-electron chi connectivity index (χ3n) is 3.78. The van der Waals surface area contributed by atoms with Crippen LogP contribution in [0.2, 0.25) is 0 Å². The van der Waals surface area contributed by atoms with E-state index in [1.54, 1.807) is 25.1 Å². The molecule has 1 fully saturated rings. The van der Waals surface area contributed by atoms with Crippen molar-refractivity contribution < 1.29 is 8.42 Å². The van der Waals surface area contributed by atoms with E-state index in [9.17, 15) is 8.42 Å². The van der Waals surface area contributed by atoms with Crippen LogP contribution in [0.15, 0.2) is 23.1 Å². The number of likely N-dealkylation sites (tertiary alicyclic amines) is 1. The van der Waals surface area contributed by atoms with Crippen LogP contribution in [-0.2, 0) is 10.0 Å². The number of nitrogens with one attached hydrogen (secondary N) is 1. The zero-order chi connectivity index (χ0) is 14.6. The van der Waals surface area contributed by atoms with Crippen LogP contribution in [0.25, 0.3) is 0 Å². The lowest BCUT2D eigenvalue weighted by molar-refractivity contribution is 0.233. The predicted octanol–water partition coefficient (Wildman–Crippen LogP) is 1.34. The average Bonchev–Trinajstić information content (AvgIpc) is 2.42. The van der Waals surface area contributed by atoms with Crippen LogP contribution in [0.5, 0.6) is 0 Å². The van der Waals surface area contributed by atoms with E-state index in [-0.39, 0.29) is 4.90 Å². The Hall–Kier alpha value is -1.11. The third-order valence-corrected chi connectivity index (χ3v) is 5.39. The van der Waals surface area contributed by atoms with Crippen molar-refractivity contribution in [1.82, 2.24) is 9.62 Å². The van der Waals surface area contributed by atoms with Crippen LogP contribution in [0, 0.1) is 6.92 Å². The highest BCUT2D eigenvalue weighted by molar-refractivity contribution is 7.89. The second-order valence-electron chi connectivity index (χ2n) is 5.27. The average molecular weight is 297 g/mol. The van der Waals surface area contributed by atoms with E-state index in [4.69, 9.17) is 5.73 Å². The molecule has 0 bridgehead atoms. The van der Waals surface area contributed by atoms with Gasteiger partial charge in [0.15, 0.2) is 0 Å². The number of hydrogen-bond acceptors (Lipinski definition) is 4. The lowest BCUT2D eigenvalue weighted by Gasteiger charge is -2.26. The fourth-order valence-electron chi connectivity index (χ4n) is 2.52. The first kappa shape index (κ1) is 15.3. The van der Waals surface area contributed by atoms with Gasteiger partial charge in [-0.2, -0.15) is 0 Å². The molecule has 20 heavy (non-hydrogen) atoms. The van der Waals surface area contributed by atoms with Crippen LogP contribution in [0.4, 0.5) is 5.69 Å². The molecule has 3 N–H and O–H groups in total. The lowest BCUT2D eigenvalue weighted by atomic mass is 10.1. The molecule has 1 saturated heterocycles. The van der Waals surface area contributed by atoms with Gasteiger partial charge in [0.2, 0.25) is 10.0 Å². The van der Waals surface area contributed by atoms with Gasteiger partial charge in [0.05, 0.1) is 4.90 Å². The first-order valence-electron chi connectivity index (χ1n) is 7.08. The minimum Gasteiger partial charge on any atom is -0.398 e. The zero-order valence-electron chi connectivity index (χ0n) is 11.9. The SMILES string of the molecule is Cc1c(N)cccc1S(=O)(=O)NCCN1CCCCC1. The van der Waals surface area contributed by atoms with Crippen molar-refractivity contribution in [2.75, 3.05) is 31.9 Å². The first-order valence-corrected chi connectivity index (χ1v) is 8.56. The molecule has 112 valence electrons. The highest BCUT2D eigenvalue weighted by atomic mass is 32.2. The molecule has 1 aliphatic heterocycles. The fraction of sp³-hybridized carbons (Fsp3) is 0.571. The summed E-state index contributed by atoms with van der Waals surface area (Å²) in [6.45, 7) is 5.07. The third kappa shape index (κ3) is 3.71. The topological polar surface area (TPSA) is 75.4 Å². The molecular weight excluding hydrogens is 274 g/mol.